The number of ether oxygens (including phenoxy) is 2. The third-order valence-corrected chi connectivity index (χ3v) is 7.00. The molecular formula is C27H30FNO5. The highest BCUT2D eigenvalue weighted by atomic mass is 19.1. The van der Waals surface area contributed by atoms with E-state index >= 15 is 4.39 Å². The Morgan fingerprint density at radius 2 is 1.88 bits per heavy atom. The number of halogens is 1. The summed E-state index contributed by atoms with van der Waals surface area (Å²) in [6, 6.07) is 10.8. The van der Waals surface area contributed by atoms with Crippen LogP contribution in [0.15, 0.2) is 36.4 Å². The molecule has 2 aliphatic rings. The zero-order valence-corrected chi connectivity index (χ0v) is 19.7. The van der Waals surface area contributed by atoms with Crippen molar-refractivity contribution in [3.63, 3.8) is 0 Å². The number of Topliss-reactive ketones (excluding diaryl/α,β-unsaturated/α-hetero) is 1. The van der Waals surface area contributed by atoms with Gasteiger partial charge in [-0.05, 0) is 54.3 Å². The summed E-state index contributed by atoms with van der Waals surface area (Å²) in [5.74, 6) is 0.871. The second-order valence-corrected chi connectivity index (χ2v) is 10.5. The number of rotatable bonds is 7. The Hall–Kier alpha value is -2.90. The van der Waals surface area contributed by atoms with E-state index < -0.39 is 17.3 Å². The van der Waals surface area contributed by atoms with Crippen LogP contribution in [0.5, 0.6) is 11.5 Å². The first-order valence-corrected chi connectivity index (χ1v) is 11.7. The number of ketones is 1. The van der Waals surface area contributed by atoms with Gasteiger partial charge in [-0.3, -0.25) is 4.79 Å². The Morgan fingerprint density at radius 1 is 1.15 bits per heavy atom. The minimum absolute atomic E-state index is 0.00389. The summed E-state index contributed by atoms with van der Waals surface area (Å²) in [6.45, 7) is 6.11. The van der Waals surface area contributed by atoms with E-state index in [4.69, 9.17) is 9.47 Å². The van der Waals surface area contributed by atoms with Gasteiger partial charge in [-0.15, -0.1) is 0 Å². The second-order valence-electron chi connectivity index (χ2n) is 10.5. The molecular weight excluding hydrogens is 437 g/mol. The van der Waals surface area contributed by atoms with E-state index in [1.807, 2.05) is 49.6 Å². The lowest BCUT2D eigenvalue weighted by atomic mass is 9.87. The van der Waals surface area contributed by atoms with Crippen molar-refractivity contribution in [1.82, 2.24) is 4.57 Å². The fourth-order valence-electron chi connectivity index (χ4n) is 4.94. The summed E-state index contributed by atoms with van der Waals surface area (Å²) in [5, 5.41) is 20.2. The van der Waals surface area contributed by atoms with Crippen molar-refractivity contribution in [2.45, 2.75) is 63.5 Å². The van der Waals surface area contributed by atoms with Crippen molar-refractivity contribution >= 4 is 16.7 Å². The maximum Gasteiger partial charge on any atom is 0.231 e. The summed E-state index contributed by atoms with van der Waals surface area (Å²) in [4.78, 5) is 13.4. The first-order chi connectivity index (χ1) is 16.1. The number of hydrogen-bond donors (Lipinski definition) is 2. The van der Waals surface area contributed by atoms with Crippen molar-refractivity contribution in [2.24, 2.45) is 0 Å². The zero-order chi connectivity index (χ0) is 24.3. The van der Waals surface area contributed by atoms with Crippen molar-refractivity contribution < 1.29 is 28.9 Å². The van der Waals surface area contributed by atoms with E-state index in [1.165, 1.54) is 6.07 Å². The quantitative estimate of drug-likeness (QED) is 0.549. The minimum Gasteiger partial charge on any atom is -0.454 e. The number of carbonyl (C=O) groups is 1. The van der Waals surface area contributed by atoms with Crippen LogP contribution in [-0.2, 0) is 28.6 Å². The molecule has 5 rings (SSSR count). The first kappa shape index (κ1) is 22.9. The molecule has 0 amide bonds. The lowest BCUT2D eigenvalue weighted by Gasteiger charge is -2.23. The topological polar surface area (TPSA) is 80.9 Å². The molecule has 0 spiro atoms. The van der Waals surface area contributed by atoms with Gasteiger partial charge in [-0.25, -0.2) is 4.39 Å². The van der Waals surface area contributed by atoms with Gasteiger partial charge in [-0.1, -0.05) is 26.8 Å². The molecule has 0 radical (unpaired) electrons. The average molecular weight is 468 g/mol. The lowest BCUT2D eigenvalue weighted by molar-refractivity contribution is -0.120. The Labute approximate surface area is 197 Å². The third kappa shape index (κ3) is 3.87. The molecule has 1 atom stereocenters. The number of hydrogen-bond acceptors (Lipinski definition) is 5. The zero-order valence-electron chi connectivity index (χ0n) is 19.7. The Kier molecular flexibility index (Phi) is 5.45. The maximum atomic E-state index is 15.3. The van der Waals surface area contributed by atoms with Crippen LogP contribution in [-0.4, -0.2) is 40.1 Å². The molecule has 1 aliphatic heterocycles. The van der Waals surface area contributed by atoms with Gasteiger partial charge in [0.25, 0.3) is 0 Å². The molecule has 6 nitrogen and oxygen atoms in total. The number of fused-ring (bicyclic) bond motifs is 2. The Morgan fingerprint density at radius 3 is 2.56 bits per heavy atom. The number of aromatic nitrogens is 1. The molecule has 0 saturated heterocycles. The van der Waals surface area contributed by atoms with Crippen molar-refractivity contribution in [1.29, 1.82) is 0 Å². The highest BCUT2D eigenvalue weighted by Crippen LogP contribution is 2.51. The van der Waals surface area contributed by atoms with Crippen LogP contribution in [0.25, 0.3) is 10.9 Å². The van der Waals surface area contributed by atoms with Crippen LogP contribution < -0.4 is 9.47 Å². The number of benzene rings is 2. The normalized spacial score (nSPS) is 17.2. The van der Waals surface area contributed by atoms with E-state index in [1.54, 1.807) is 6.07 Å². The molecule has 2 aromatic carbocycles. The molecule has 1 aromatic heterocycles. The summed E-state index contributed by atoms with van der Waals surface area (Å²) < 4.78 is 28.0. The SMILES string of the molecule is CC(C)(C)c1cc2cc(CC(=O)C3(c4ccc5c(c4)OCO5)CC3)c(F)cc2n1C[C@@H](O)CO. The highest BCUT2D eigenvalue weighted by Gasteiger charge is 2.51. The van der Waals surface area contributed by atoms with Crippen LogP contribution in [0.4, 0.5) is 4.39 Å². The summed E-state index contributed by atoms with van der Waals surface area (Å²) in [6.07, 6.45) is 0.529. The van der Waals surface area contributed by atoms with E-state index in [9.17, 15) is 15.0 Å². The van der Waals surface area contributed by atoms with Gasteiger partial charge in [0.1, 0.15) is 11.6 Å². The van der Waals surface area contributed by atoms with Crippen LogP contribution in [0, 0.1) is 5.82 Å². The van der Waals surface area contributed by atoms with Crippen LogP contribution in [0.2, 0.25) is 0 Å². The standard InChI is InChI=1S/C27H30FNO5/c1-26(2,3)24-9-17-8-16(20(28)12-21(17)29(24)13-19(31)14-30)10-25(32)27(6-7-27)18-4-5-22-23(11-18)34-15-33-22/h4-5,8-9,11-12,19,30-31H,6-7,10,13-15H2,1-3H3/t19-/m1/s1. The predicted molar refractivity (Wildman–Crippen MR) is 126 cm³/mol. The number of nitrogens with zero attached hydrogens (tertiary/aromatic N) is 1. The van der Waals surface area contributed by atoms with Gasteiger partial charge in [0.15, 0.2) is 11.5 Å². The monoisotopic (exact) mass is 467 g/mol. The van der Waals surface area contributed by atoms with Crippen molar-refractivity contribution in [3.05, 3.63) is 59.0 Å². The van der Waals surface area contributed by atoms with Gasteiger partial charge in [0.05, 0.1) is 30.2 Å². The molecule has 2 N–H and O–H groups in total. The van der Waals surface area contributed by atoms with E-state index in [0.29, 0.717) is 22.6 Å². The highest BCUT2D eigenvalue weighted by molar-refractivity contribution is 5.95. The van der Waals surface area contributed by atoms with Crippen LogP contribution in [0.1, 0.15) is 50.4 Å². The second kappa shape index (κ2) is 8.10. The van der Waals surface area contributed by atoms with Crippen LogP contribution in [0.3, 0.4) is 0 Å². The molecule has 2 heterocycles. The largest absolute Gasteiger partial charge is 0.454 e. The average Bonchev–Trinajstić information content (AvgIpc) is 3.35. The molecule has 1 fully saturated rings. The van der Waals surface area contributed by atoms with Gasteiger partial charge < -0.3 is 24.3 Å². The number of aliphatic hydroxyl groups is 2. The predicted octanol–water partition coefficient (Wildman–Crippen LogP) is 4.00. The molecule has 180 valence electrons. The summed E-state index contributed by atoms with van der Waals surface area (Å²) in [7, 11) is 0. The maximum absolute atomic E-state index is 15.3. The summed E-state index contributed by atoms with van der Waals surface area (Å²) >= 11 is 0. The van der Waals surface area contributed by atoms with Crippen LogP contribution >= 0.6 is 0 Å². The Bertz CT molecular complexity index is 1270. The van der Waals surface area contributed by atoms with E-state index in [2.05, 4.69) is 0 Å². The number of aliphatic hydroxyl groups excluding tert-OH is 2. The number of carbonyl (C=O) groups excluding carboxylic acids is 1. The fourth-order valence-corrected chi connectivity index (χ4v) is 4.94. The fraction of sp³-hybridized carbons (Fsp3) is 0.444. The van der Waals surface area contributed by atoms with Gasteiger partial charge >= 0.3 is 0 Å². The Balaban J connectivity index is 1.47. The molecule has 1 saturated carbocycles. The molecule has 3 aromatic rings. The van der Waals surface area contributed by atoms with Crippen molar-refractivity contribution in [2.75, 3.05) is 13.4 Å². The minimum atomic E-state index is -0.947. The van der Waals surface area contributed by atoms with E-state index in [0.717, 1.165) is 29.5 Å². The molecule has 1 aliphatic carbocycles. The molecule has 34 heavy (non-hydrogen) atoms. The van der Waals surface area contributed by atoms with Gasteiger partial charge in [0.2, 0.25) is 6.79 Å². The first-order valence-electron chi connectivity index (χ1n) is 11.7. The molecule has 0 unspecified atom stereocenters. The molecule has 7 heteroatoms. The van der Waals surface area contributed by atoms with E-state index in [-0.39, 0.29) is 37.6 Å². The lowest BCUT2D eigenvalue weighted by Crippen LogP contribution is -2.25. The van der Waals surface area contributed by atoms with Gasteiger partial charge in [0, 0.05) is 22.9 Å². The molecule has 0 bridgehead atoms. The third-order valence-electron chi connectivity index (χ3n) is 7.00. The van der Waals surface area contributed by atoms with Gasteiger partial charge in [-0.2, -0.15) is 0 Å². The van der Waals surface area contributed by atoms with Crippen molar-refractivity contribution in [3.8, 4) is 11.5 Å². The smallest absolute Gasteiger partial charge is 0.231 e. The summed E-state index contributed by atoms with van der Waals surface area (Å²) in [5.41, 5.74) is 1.97.